The molecule has 0 bridgehead atoms. The van der Waals surface area contributed by atoms with E-state index in [2.05, 4.69) is 11.4 Å². The predicted molar refractivity (Wildman–Crippen MR) is 60.7 cm³/mol. The van der Waals surface area contributed by atoms with Crippen molar-refractivity contribution in [2.75, 3.05) is 13.1 Å². The Labute approximate surface area is 90.3 Å². The van der Waals surface area contributed by atoms with Crippen molar-refractivity contribution < 1.29 is 5.11 Å². The molecule has 3 heteroatoms. The first-order chi connectivity index (χ1) is 7.27. The van der Waals surface area contributed by atoms with Gasteiger partial charge in [-0.25, -0.2) is 0 Å². The van der Waals surface area contributed by atoms with Crippen LogP contribution in [-0.2, 0) is 5.54 Å². The first kappa shape index (κ1) is 10.5. The van der Waals surface area contributed by atoms with E-state index in [0.29, 0.717) is 12.3 Å². The van der Waals surface area contributed by atoms with Crippen molar-refractivity contribution in [1.82, 2.24) is 5.32 Å². The highest BCUT2D eigenvalue weighted by Crippen LogP contribution is 2.34. The Kier molecular flexibility index (Phi) is 2.93. The summed E-state index contributed by atoms with van der Waals surface area (Å²) >= 11 is 0. The van der Waals surface area contributed by atoms with Gasteiger partial charge in [0.15, 0.2) is 0 Å². The van der Waals surface area contributed by atoms with Crippen LogP contribution in [0.2, 0.25) is 0 Å². The SMILES string of the molecule is NCCC1(c2cccc(O)c2)CCCN1. The third-order valence-corrected chi connectivity index (χ3v) is 3.21. The van der Waals surface area contributed by atoms with Gasteiger partial charge in [0.05, 0.1) is 0 Å². The monoisotopic (exact) mass is 206 g/mol. The first-order valence-corrected chi connectivity index (χ1v) is 5.51. The Morgan fingerprint density at radius 1 is 1.47 bits per heavy atom. The zero-order valence-electron chi connectivity index (χ0n) is 8.87. The summed E-state index contributed by atoms with van der Waals surface area (Å²) in [5.41, 5.74) is 6.82. The summed E-state index contributed by atoms with van der Waals surface area (Å²) in [6, 6.07) is 7.50. The summed E-state index contributed by atoms with van der Waals surface area (Å²) in [5, 5.41) is 13.0. The van der Waals surface area contributed by atoms with Crippen LogP contribution in [-0.4, -0.2) is 18.2 Å². The lowest BCUT2D eigenvalue weighted by atomic mass is 9.85. The molecule has 0 aliphatic carbocycles. The van der Waals surface area contributed by atoms with Crippen LogP contribution in [0.15, 0.2) is 24.3 Å². The molecule has 1 heterocycles. The molecule has 1 atom stereocenters. The summed E-state index contributed by atoms with van der Waals surface area (Å²) in [6.45, 7) is 1.71. The van der Waals surface area contributed by atoms with Gasteiger partial charge in [-0.05, 0) is 50.0 Å². The maximum atomic E-state index is 9.50. The van der Waals surface area contributed by atoms with Crippen LogP contribution >= 0.6 is 0 Å². The normalized spacial score (nSPS) is 25.7. The van der Waals surface area contributed by atoms with Crippen LogP contribution in [0.5, 0.6) is 5.75 Å². The van der Waals surface area contributed by atoms with Gasteiger partial charge in [-0.2, -0.15) is 0 Å². The Balaban J connectivity index is 2.31. The van der Waals surface area contributed by atoms with Gasteiger partial charge in [0.2, 0.25) is 0 Å². The fourth-order valence-electron chi connectivity index (χ4n) is 2.46. The lowest BCUT2D eigenvalue weighted by molar-refractivity contribution is 0.363. The average Bonchev–Trinajstić information content (AvgIpc) is 2.68. The van der Waals surface area contributed by atoms with Gasteiger partial charge < -0.3 is 16.2 Å². The quantitative estimate of drug-likeness (QED) is 0.699. The van der Waals surface area contributed by atoms with E-state index in [0.717, 1.165) is 24.9 Å². The summed E-state index contributed by atoms with van der Waals surface area (Å²) in [6.07, 6.45) is 3.21. The smallest absolute Gasteiger partial charge is 0.115 e. The molecule has 0 amide bonds. The van der Waals surface area contributed by atoms with E-state index in [9.17, 15) is 5.11 Å². The largest absolute Gasteiger partial charge is 0.508 e. The average molecular weight is 206 g/mol. The van der Waals surface area contributed by atoms with Crippen molar-refractivity contribution in [3.63, 3.8) is 0 Å². The Morgan fingerprint density at radius 3 is 2.93 bits per heavy atom. The van der Waals surface area contributed by atoms with E-state index in [1.54, 1.807) is 6.07 Å². The van der Waals surface area contributed by atoms with E-state index in [1.807, 2.05) is 12.1 Å². The third-order valence-electron chi connectivity index (χ3n) is 3.21. The van der Waals surface area contributed by atoms with E-state index >= 15 is 0 Å². The van der Waals surface area contributed by atoms with Gasteiger partial charge in [0.1, 0.15) is 5.75 Å². The second kappa shape index (κ2) is 4.21. The number of hydrogen-bond acceptors (Lipinski definition) is 3. The summed E-state index contributed by atoms with van der Waals surface area (Å²) < 4.78 is 0. The maximum Gasteiger partial charge on any atom is 0.115 e. The number of aromatic hydroxyl groups is 1. The molecule has 1 aliphatic heterocycles. The fourth-order valence-corrected chi connectivity index (χ4v) is 2.46. The molecular formula is C12H18N2O. The van der Waals surface area contributed by atoms with E-state index in [-0.39, 0.29) is 5.54 Å². The van der Waals surface area contributed by atoms with Gasteiger partial charge >= 0.3 is 0 Å². The first-order valence-electron chi connectivity index (χ1n) is 5.51. The molecule has 1 aromatic carbocycles. The molecule has 4 N–H and O–H groups in total. The van der Waals surface area contributed by atoms with Gasteiger partial charge in [-0.3, -0.25) is 0 Å². The van der Waals surface area contributed by atoms with Gasteiger partial charge in [0.25, 0.3) is 0 Å². The molecule has 15 heavy (non-hydrogen) atoms. The molecule has 1 unspecified atom stereocenters. The van der Waals surface area contributed by atoms with Crippen LogP contribution in [0.1, 0.15) is 24.8 Å². The number of nitrogens with two attached hydrogens (primary N) is 1. The molecule has 1 fully saturated rings. The maximum absolute atomic E-state index is 9.50. The van der Waals surface area contributed by atoms with Crippen LogP contribution < -0.4 is 11.1 Å². The predicted octanol–water partition coefficient (Wildman–Crippen LogP) is 1.32. The van der Waals surface area contributed by atoms with Crippen LogP contribution in [0.25, 0.3) is 0 Å². The Bertz CT molecular complexity index is 332. The molecule has 0 saturated carbocycles. The molecule has 1 aromatic rings. The summed E-state index contributed by atoms with van der Waals surface area (Å²) in [4.78, 5) is 0. The van der Waals surface area contributed by atoms with Gasteiger partial charge in [-0.1, -0.05) is 12.1 Å². The highest BCUT2D eigenvalue weighted by Gasteiger charge is 2.34. The van der Waals surface area contributed by atoms with Crippen LogP contribution in [0.4, 0.5) is 0 Å². The zero-order chi connectivity index (χ0) is 10.7. The van der Waals surface area contributed by atoms with Crippen molar-refractivity contribution >= 4 is 0 Å². The minimum Gasteiger partial charge on any atom is -0.508 e. The summed E-state index contributed by atoms with van der Waals surface area (Å²) in [7, 11) is 0. The van der Waals surface area contributed by atoms with Crippen molar-refractivity contribution in [2.45, 2.75) is 24.8 Å². The molecule has 82 valence electrons. The molecule has 2 rings (SSSR count). The molecule has 3 nitrogen and oxygen atoms in total. The number of hydrogen-bond donors (Lipinski definition) is 3. The topological polar surface area (TPSA) is 58.3 Å². The second-order valence-electron chi connectivity index (χ2n) is 4.20. The highest BCUT2D eigenvalue weighted by atomic mass is 16.3. The molecule has 1 aliphatic rings. The Hall–Kier alpha value is -1.06. The van der Waals surface area contributed by atoms with Gasteiger partial charge in [0, 0.05) is 5.54 Å². The van der Waals surface area contributed by atoms with Crippen LogP contribution in [0, 0.1) is 0 Å². The van der Waals surface area contributed by atoms with E-state index in [1.165, 1.54) is 6.42 Å². The van der Waals surface area contributed by atoms with Crippen molar-refractivity contribution in [2.24, 2.45) is 5.73 Å². The standard InChI is InChI=1S/C12H18N2O/c13-7-6-12(5-2-8-14-12)10-3-1-4-11(15)9-10/h1,3-4,9,14-15H,2,5-8,13H2. The lowest BCUT2D eigenvalue weighted by Gasteiger charge is -2.30. The number of phenolic OH excluding ortho intramolecular Hbond substituents is 1. The van der Waals surface area contributed by atoms with Gasteiger partial charge in [-0.15, -0.1) is 0 Å². The number of benzene rings is 1. The minimum atomic E-state index is -0.00646. The molecule has 0 radical (unpaired) electrons. The molecule has 1 saturated heterocycles. The lowest BCUT2D eigenvalue weighted by Crippen LogP contribution is -2.38. The molecule has 0 aromatic heterocycles. The molecule has 0 spiro atoms. The third kappa shape index (κ3) is 1.98. The van der Waals surface area contributed by atoms with E-state index < -0.39 is 0 Å². The fraction of sp³-hybridized carbons (Fsp3) is 0.500. The van der Waals surface area contributed by atoms with Crippen molar-refractivity contribution in [1.29, 1.82) is 0 Å². The number of rotatable bonds is 3. The number of nitrogens with one attached hydrogen (secondary N) is 1. The Morgan fingerprint density at radius 2 is 2.33 bits per heavy atom. The highest BCUT2D eigenvalue weighted by molar-refractivity contribution is 5.33. The molecular weight excluding hydrogens is 188 g/mol. The van der Waals surface area contributed by atoms with Crippen molar-refractivity contribution in [3.05, 3.63) is 29.8 Å². The van der Waals surface area contributed by atoms with Crippen molar-refractivity contribution in [3.8, 4) is 5.75 Å². The summed E-state index contributed by atoms with van der Waals surface area (Å²) in [5.74, 6) is 0.331. The number of phenols is 1. The van der Waals surface area contributed by atoms with Crippen LogP contribution in [0.3, 0.4) is 0 Å². The second-order valence-corrected chi connectivity index (χ2v) is 4.20. The van der Waals surface area contributed by atoms with E-state index in [4.69, 9.17) is 5.73 Å². The minimum absolute atomic E-state index is 0.00646. The zero-order valence-corrected chi connectivity index (χ0v) is 8.87.